The summed E-state index contributed by atoms with van der Waals surface area (Å²) in [7, 11) is 1.67. The van der Waals surface area contributed by atoms with Gasteiger partial charge in [0.15, 0.2) is 0 Å². The Morgan fingerprint density at radius 2 is 2.29 bits per heavy atom. The fraction of sp³-hybridized carbons (Fsp3) is 0.438. The van der Waals surface area contributed by atoms with Crippen LogP contribution in [0.15, 0.2) is 34.9 Å². The Balaban J connectivity index is 1.81. The van der Waals surface area contributed by atoms with Crippen LogP contribution in [0, 0.1) is 6.92 Å². The van der Waals surface area contributed by atoms with E-state index in [1.807, 2.05) is 31.2 Å². The first-order valence-electron chi connectivity index (χ1n) is 7.14. The first-order valence-corrected chi connectivity index (χ1v) is 7.14. The first kappa shape index (κ1) is 14.1. The highest BCUT2D eigenvalue weighted by Gasteiger charge is 2.32. The molecular formula is C16H20N2O3. The summed E-state index contributed by atoms with van der Waals surface area (Å²) >= 11 is 0. The van der Waals surface area contributed by atoms with Gasteiger partial charge >= 0.3 is 0 Å². The molecule has 2 heterocycles. The number of nitrogens with zero attached hydrogens (tertiary/aromatic N) is 2. The number of aliphatic hydroxyl groups excluding tert-OH is 1. The summed E-state index contributed by atoms with van der Waals surface area (Å²) in [6, 6.07) is 10.1. The standard InChI is InChI=1S/C16H20N2O3/c1-11-6-13(17-21-11)9-18-10-14(19)8-16(18)12-4-3-5-15(7-12)20-2/h3-7,14,16,19H,8-10H2,1-2H3/t14-,16+/m1/s1. The van der Waals surface area contributed by atoms with E-state index in [0.717, 1.165) is 29.2 Å². The minimum atomic E-state index is -0.311. The molecule has 1 N–H and O–H groups in total. The Bertz CT molecular complexity index is 611. The Morgan fingerprint density at radius 3 is 3.00 bits per heavy atom. The minimum Gasteiger partial charge on any atom is -0.497 e. The number of aliphatic hydroxyl groups is 1. The summed E-state index contributed by atoms with van der Waals surface area (Å²) in [6.45, 7) is 3.21. The molecule has 112 valence electrons. The Morgan fingerprint density at radius 1 is 1.43 bits per heavy atom. The molecule has 0 amide bonds. The van der Waals surface area contributed by atoms with E-state index < -0.39 is 0 Å². The van der Waals surface area contributed by atoms with E-state index in [-0.39, 0.29) is 12.1 Å². The molecule has 1 aromatic carbocycles. The van der Waals surface area contributed by atoms with Crippen LogP contribution in [0.3, 0.4) is 0 Å². The second-order valence-electron chi connectivity index (χ2n) is 5.54. The third-order valence-electron chi connectivity index (χ3n) is 3.90. The van der Waals surface area contributed by atoms with E-state index in [9.17, 15) is 5.11 Å². The van der Waals surface area contributed by atoms with Crippen molar-refractivity contribution in [3.8, 4) is 5.75 Å². The normalized spacial score (nSPS) is 22.6. The lowest BCUT2D eigenvalue weighted by Gasteiger charge is -2.23. The van der Waals surface area contributed by atoms with Crippen LogP contribution in [0.25, 0.3) is 0 Å². The number of benzene rings is 1. The van der Waals surface area contributed by atoms with Crippen LogP contribution in [-0.2, 0) is 6.54 Å². The molecule has 1 aliphatic heterocycles. The van der Waals surface area contributed by atoms with Crippen LogP contribution in [0.4, 0.5) is 0 Å². The Hall–Kier alpha value is -1.85. The van der Waals surface area contributed by atoms with Crippen LogP contribution in [0.5, 0.6) is 5.75 Å². The molecule has 0 aliphatic carbocycles. The van der Waals surface area contributed by atoms with E-state index >= 15 is 0 Å². The van der Waals surface area contributed by atoms with E-state index in [4.69, 9.17) is 9.26 Å². The van der Waals surface area contributed by atoms with Gasteiger partial charge < -0.3 is 14.4 Å². The minimum absolute atomic E-state index is 0.173. The smallest absolute Gasteiger partial charge is 0.133 e. The molecule has 3 rings (SSSR count). The zero-order valence-electron chi connectivity index (χ0n) is 12.3. The Labute approximate surface area is 124 Å². The van der Waals surface area contributed by atoms with Crippen molar-refractivity contribution in [1.82, 2.24) is 10.1 Å². The number of ether oxygens (including phenoxy) is 1. The highest BCUT2D eigenvalue weighted by molar-refractivity contribution is 5.31. The van der Waals surface area contributed by atoms with Gasteiger partial charge in [-0.1, -0.05) is 17.3 Å². The molecule has 0 bridgehead atoms. The molecule has 0 radical (unpaired) electrons. The molecule has 1 saturated heterocycles. The highest BCUT2D eigenvalue weighted by atomic mass is 16.5. The molecule has 2 aromatic rings. The summed E-state index contributed by atoms with van der Waals surface area (Å²) in [4.78, 5) is 2.23. The van der Waals surface area contributed by atoms with Crippen molar-refractivity contribution in [3.05, 3.63) is 47.3 Å². The first-order chi connectivity index (χ1) is 10.2. The quantitative estimate of drug-likeness (QED) is 0.935. The number of likely N-dealkylation sites (tertiary alicyclic amines) is 1. The highest BCUT2D eigenvalue weighted by Crippen LogP contribution is 2.34. The fourth-order valence-corrected chi connectivity index (χ4v) is 2.95. The predicted octanol–water partition coefficient (Wildman–Crippen LogP) is 2.30. The van der Waals surface area contributed by atoms with Crippen molar-refractivity contribution < 1.29 is 14.4 Å². The molecule has 5 heteroatoms. The van der Waals surface area contributed by atoms with Gasteiger partial charge in [-0.3, -0.25) is 4.90 Å². The summed E-state index contributed by atoms with van der Waals surface area (Å²) < 4.78 is 10.4. The number of β-amino-alcohol motifs (C(OH)–C–C–N with tert-alkyl or cyclic N) is 1. The number of rotatable bonds is 4. The van der Waals surface area contributed by atoms with Crippen molar-refractivity contribution in [1.29, 1.82) is 0 Å². The summed E-state index contributed by atoms with van der Waals surface area (Å²) in [5, 5.41) is 14.1. The SMILES string of the molecule is COc1cccc([C@@H]2C[C@@H](O)CN2Cc2cc(C)on2)c1. The van der Waals surface area contributed by atoms with E-state index in [2.05, 4.69) is 16.1 Å². The number of aryl methyl sites for hydroxylation is 1. The number of aromatic nitrogens is 1. The van der Waals surface area contributed by atoms with Gasteiger partial charge in [0.2, 0.25) is 0 Å². The maximum Gasteiger partial charge on any atom is 0.133 e. The predicted molar refractivity (Wildman–Crippen MR) is 78.0 cm³/mol. The van der Waals surface area contributed by atoms with E-state index in [0.29, 0.717) is 13.1 Å². The maximum atomic E-state index is 10.0. The van der Waals surface area contributed by atoms with Crippen molar-refractivity contribution in [3.63, 3.8) is 0 Å². The summed E-state index contributed by atoms with van der Waals surface area (Å²) in [5.41, 5.74) is 2.06. The fourth-order valence-electron chi connectivity index (χ4n) is 2.95. The van der Waals surface area contributed by atoms with Crippen molar-refractivity contribution in [2.45, 2.75) is 32.0 Å². The molecular weight excluding hydrogens is 268 g/mol. The second kappa shape index (κ2) is 5.87. The molecule has 1 fully saturated rings. The molecule has 0 spiro atoms. The van der Waals surface area contributed by atoms with Gasteiger partial charge in [0.05, 0.1) is 18.9 Å². The average Bonchev–Trinajstić information content (AvgIpc) is 3.05. The number of methoxy groups -OCH3 is 1. The molecule has 21 heavy (non-hydrogen) atoms. The molecule has 0 unspecified atom stereocenters. The van der Waals surface area contributed by atoms with Crippen molar-refractivity contribution >= 4 is 0 Å². The monoisotopic (exact) mass is 288 g/mol. The van der Waals surface area contributed by atoms with Crippen LogP contribution in [0.1, 0.15) is 29.5 Å². The van der Waals surface area contributed by atoms with E-state index in [1.54, 1.807) is 7.11 Å². The maximum absolute atomic E-state index is 10.0. The van der Waals surface area contributed by atoms with Gasteiger partial charge in [-0.25, -0.2) is 0 Å². The van der Waals surface area contributed by atoms with E-state index in [1.165, 1.54) is 0 Å². The van der Waals surface area contributed by atoms with Gasteiger partial charge in [0.1, 0.15) is 11.5 Å². The van der Waals surface area contributed by atoms with Crippen LogP contribution < -0.4 is 4.74 Å². The number of hydrogen-bond acceptors (Lipinski definition) is 5. The van der Waals surface area contributed by atoms with Crippen LogP contribution in [-0.4, -0.2) is 34.9 Å². The zero-order valence-corrected chi connectivity index (χ0v) is 12.3. The topological polar surface area (TPSA) is 58.7 Å². The molecule has 0 saturated carbocycles. The third-order valence-corrected chi connectivity index (χ3v) is 3.90. The van der Waals surface area contributed by atoms with Crippen molar-refractivity contribution in [2.75, 3.05) is 13.7 Å². The summed E-state index contributed by atoms with van der Waals surface area (Å²) in [5.74, 6) is 1.65. The molecule has 1 aromatic heterocycles. The Kier molecular flexibility index (Phi) is 3.94. The third kappa shape index (κ3) is 3.09. The van der Waals surface area contributed by atoms with Crippen LogP contribution >= 0.6 is 0 Å². The van der Waals surface area contributed by atoms with Gasteiger partial charge in [-0.05, 0) is 31.0 Å². The molecule has 2 atom stereocenters. The van der Waals surface area contributed by atoms with Crippen LogP contribution in [0.2, 0.25) is 0 Å². The lowest BCUT2D eigenvalue weighted by atomic mass is 10.0. The van der Waals surface area contributed by atoms with Crippen molar-refractivity contribution in [2.24, 2.45) is 0 Å². The summed E-state index contributed by atoms with van der Waals surface area (Å²) in [6.07, 6.45) is 0.415. The van der Waals surface area contributed by atoms with Gasteiger partial charge in [-0.2, -0.15) is 0 Å². The molecule has 5 nitrogen and oxygen atoms in total. The lowest BCUT2D eigenvalue weighted by Crippen LogP contribution is -2.24. The van der Waals surface area contributed by atoms with Gasteiger partial charge in [0.25, 0.3) is 0 Å². The van der Waals surface area contributed by atoms with Gasteiger partial charge in [-0.15, -0.1) is 0 Å². The second-order valence-corrected chi connectivity index (χ2v) is 5.54. The zero-order chi connectivity index (χ0) is 14.8. The number of hydrogen-bond donors (Lipinski definition) is 1. The lowest BCUT2D eigenvalue weighted by molar-refractivity contribution is 0.171. The average molecular weight is 288 g/mol. The molecule has 1 aliphatic rings. The largest absolute Gasteiger partial charge is 0.497 e. The van der Waals surface area contributed by atoms with Gasteiger partial charge in [0, 0.05) is 25.2 Å².